The number of urea groups is 1. The SMILES string of the molecule is C=C(C)[C@@H]1CC[C@]2(CNC(=O)Nc3ccc(C(=O)OC)cc3)CC[C@]3(C)[C@H](CC[C@@H]4[C@@]5(C)CC=C(c6ccc(C(=O)O)cc6)C(C)(C)[C@@H]5CC[C@]43C)[C@@H]12. The molecule has 5 aliphatic rings. The molecule has 2 aromatic rings. The fourth-order valence-corrected chi connectivity index (χ4v) is 13.7. The number of esters is 1. The Morgan fingerprint density at radius 1 is 0.830 bits per heavy atom. The van der Waals surface area contributed by atoms with Crippen molar-refractivity contribution in [2.24, 2.45) is 56.7 Å². The summed E-state index contributed by atoms with van der Waals surface area (Å²) in [5, 5.41) is 15.8. The van der Waals surface area contributed by atoms with Gasteiger partial charge in [-0.05, 0) is 169 Å². The highest BCUT2D eigenvalue weighted by atomic mass is 16.5. The van der Waals surface area contributed by atoms with Crippen molar-refractivity contribution in [1.29, 1.82) is 0 Å². The van der Waals surface area contributed by atoms with Crippen molar-refractivity contribution in [3.05, 3.63) is 83.4 Å². The van der Waals surface area contributed by atoms with E-state index in [4.69, 9.17) is 4.74 Å². The third-order valence-electron chi connectivity index (χ3n) is 16.4. The van der Waals surface area contributed by atoms with E-state index in [0.717, 1.165) is 31.2 Å². The summed E-state index contributed by atoms with van der Waals surface area (Å²) in [6.07, 6.45) is 13.0. The first kappa shape index (κ1) is 37.4. The van der Waals surface area contributed by atoms with Gasteiger partial charge < -0.3 is 20.5 Å². The highest BCUT2D eigenvalue weighted by Gasteiger charge is 2.70. The number of hydrogen-bond donors (Lipinski definition) is 3. The Balaban J connectivity index is 1.13. The van der Waals surface area contributed by atoms with E-state index in [1.807, 2.05) is 12.1 Å². The molecule has 0 bridgehead atoms. The molecule has 4 fully saturated rings. The standard InChI is InChI=1S/C46H60N2O5/c1-28(2)33-19-24-46(27-47-41(52)48-32-15-13-31(14-16-32)40(51)53-8)26-25-44(6)35(38(33)46)17-18-37-43(5)22-20-34(29-9-11-30(12-10-29)39(49)50)42(3,4)36(43)21-23-45(37,44)7/h9-16,20,33,35-38H,1,17-19,21-27H2,2-8H3,(H,49,50)(H2,47,48,52)/t33-,35+,36-,37+,38+,43-,44+,45+,46+/m0/s1. The van der Waals surface area contributed by atoms with Crippen LogP contribution in [0.4, 0.5) is 10.5 Å². The zero-order valence-electron chi connectivity index (χ0n) is 32.9. The lowest BCUT2D eigenvalue weighted by molar-refractivity contribution is -0.224. The lowest BCUT2D eigenvalue weighted by Gasteiger charge is -2.72. The molecule has 0 spiro atoms. The van der Waals surface area contributed by atoms with Crippen LogP contribution in [0.15, 0.2) is 66.8 Å². The molecule has 2 aromatic carbocycles. The molecular formula is C46H60N2O5. The number of anilines is 1. The normalized spacial score (nSPS) is 36.7. The number of benzene rings is 2. The fraction of sp³-hybridized carbons (Fsp3) is 0.587. The Morgan fingerprint density at radius 3 is 2.15 bits per heavy atom. The van der Waals surface area contributed by atoms with Gasteiger partial charge in [0.25, 0.3) is 0 Å². The molecule has 0 aliphatic heterocycles. The number of carbonyl (C=O) groups excluding carboxylic acids is 2. The Kier molecular flexibility index (Phi) is 9.30. The van der Waals surface area contributed by atoms with Gasteiger partial charge in [0.15, 0.2) is 0 Å². The zero-order chi connectivity index (χ0) is 38.1. The van der Waals surface area contributed by atoms with Crippen LogP contribution in [0.3, 0.4) is 0 Å². The van der Waals surface area contributed by atoms with Crippen LogP contribution in [-0.2, 0) is 4.74 Å². The maximum atomic E-state index is 13.3. The Labute approximate surface area is 316 Å². The van der Waals surface area contributed by atoms with Crippen LogP contribution in [0.2, 0.25) is 0 Å². The summed E-state index contributed by atoms with van der Waals surface area (Å²) in [6, 6.07) is 14.1. The van der Waals surface area contributed by atoms with Crippen molar-refractivity contribution in [2.45, 2.75) is 99.3 Å². The van der Waals surface area contributed by atoms with Crippen molar-refractivity contribution < 1.29 is 24.2 Å². The largest absolute Gasteiger partial charge is 0.478 e. The molecule has 9 atom stereocenters. The summed E-state index contributed by atoms with van der Waals surface area (Å²) >= 11 is 0. The van der Waals surface area contributed by atoms with E-state index in [-0.39, 0.29) is 33.1 Å². The number of hydrogen-bond acceptors (Lipinski definition) is 4. The third kappa shape index (κ3) is 5.78. The summed E-state index contributed by atoms with van der Waals surface area (Å²) in [6.45, 7) is 20.2. The average Bonchev–Trinajstić information content (AvgIpc) is 3.51. The molecule has 0 aromatic heterocycles. The van der Waals surface area contributed by atoms with Gasteiger partial charge in [0.1, 0.15) is 0 Å². The number of amides is 2. The van der Waals surface area contributed by atoms with E-state index in [1.54, 1.807) is 36.4 Å². The van der Waals surface area contributed by atoms with Crippen molar-refractivity contribution in [1.82, 2.24) is 5.32 Å². The molecule has 7 rings (SSSR count). The molecule has 0 heterocycles. The van der Waals surface area contributed by atoms with Gasteiger partial charge in [-0.2, -0.15) is 0 Å². The summed E-state index contributed by atoms with van der Waals surface area (Å²) < 4.78 is 4.81. The van der Waals surface area contributed by atoms with Gasteiger partial charge in [-0.25, -0.2) is 14.4 Å². The minimum atomic E-state index is -0.883. The third-order valence-corrected chi connectivity index (χ3v) is 16.4. The Morgan fingerprint density at radius 2 is 1.51 bits per heavy atom. The molecule has 2 amide bonds. The highest BCUT2D eigenvalue weighted by Crippen LogP contribution is 2.77. The Bertz CT molecular complexity index is 1830. The molecule has 3 N–H and O–H groups in total. The first-order valence-electron chi connectivity index (χ1n) is 19.9. The summed E-state index contributed by atoms with van der Waals surface area (Å²) in [7, 11) is 1.36. The second-order valence-electron chi connectivity index (χ2n) is 18.9. The minimum Gasteiger partial charge on any atom is -0.478 e. The van der Waals surface area contributed by atoms with Crippen LogP contribution in [0.1, 0.15) is 126 Å². The maximum Gasteiger partial charge on any atom is 0.337 e. The summed E-state index contributed by atoms with van der Waals surface area (Å²) in [5.74, 6) is 1.42. The quantitative estimate of drug-likeness (QED) is 0.195. The maximum absolute atomic E-state index is 13.3. The predicted octanol–water partition coefficient (Wildman–Crippen LogP) is 10.6. The molecular weight excluding hydrogens is 661 g/mol. The lowest BCUT2D eigenvalue weighted by atomic mass is 9.32. The van der Waals surface area contributed by atoms with Gasteiger partial charge in [0, 0.05) is 12.2 Å². The fourth-order valence-electron chi connectivity index (χ4n) is 13.7. The van der Waals surface area contributed by atoms with Gasteiger partial charge in [-0.3, -0.25) is 0 Å². The molecule has 0 radical (unpaired) electrons. The second kappa shape index (κ2) is 13.2. The highest BCUT2D eigenvalue weighted by molar-refractivity contribution is 5.92. The monoisotopic (exact) mass is 720 g/mol. The van der Waals surface area contributed by atoms with Crippen LogP contribution in [-0.4, -0.2) is 36.7 Å². The van der Waals surface area contributed by atoms with Gasteiger partial charge in [0.05, 0.1) is 18.2 Å². The van der Waals surface area contributed by atoms with E-state index < -0.39 is 11.9 Å². The lowest BCUT2D eigenvalue weighted by Crippen LogP contribution is -2.66. The minimum absolute atomic E-state index is 0.0231. The topological polar surface area (TPSA) is 105 Å². The van der Waals surface area contributed by atoms with Crippen molar-refractivity contribution in [3.63, 3.8) is 0 Å². The van der Waals surface area contributed by atoms with E-state index in [1.165, 1.54) is 50.4 Å². The molecule has 7 heteroatoms. The van der Waals surface area contributed by atoms with E-state index in [9.17, 15) is 19.5 Å². The van der Waals surface area contributed by atoms with Crippen LogP contribution in [0.25, 0.3) is 5.57 Å². The number of carbonyl (C=O) groups is 3. The van der Waals surface area contributed by atoms with Gasteiger partial charge in [-0.1, -0.05) is 65.0 Å². The Hall–Kier alpha value is -3.87. The van der Waals surface area contributed by atoms with E-state index in [2.05, 4.69) is 64.8 Å². The van der Waals surface area contributed by atoms with Gasteiger partial charge in [-0.15, -0.1) is 0 Å². The average molecular weight is 721 g/mol. The van der Waals surface area contributed by atoms with Crippen LogP contribution in [0, 0.1) is 56.7 Å². The van der Waals surface area contributed by atoms with Crippen molar-refractivity contribution in [2.75, 3.05) is 19.0 Å². The summed E-state index contributed by atoms with van der Waals surface area (Å²) in [5.41, 5.74) is 5.86. The number of fused-ring (bicyclic) bond motifs is 7. The first-order chi connectivity index (χ1) is 25.0. The van der Waals surface area contributed by atoms with Gasteiger partial charge in [0.2, 0.25) is 0 Å². The van der Waals surface area contributed by atoms with E-state index >= 15 is 0 Å². The first-order valence-corrected chi connectivity index (χ1v) is 19.9. The van der Waals surface area contributed by atoms with E-state index in [0.29, 0.717) is 52.9 Å². The number of nitrogens with one attached hydrogen (secondary N) is 2. The molecule has 0 unspecified atom stereocenters. The summed E-state index contributed by atoms with van der Waals surface area (Å²) in [4.78, 5) is 36.8. The van der Waals surface area contributed by atoms with Crippen LogP contribution in [0.5, 0.6) is 0 Å². The van der Waals surface area contributed by atoms with Crippen molar-refractivity contribution in [3.8, 4) is 0 Å². The number of rotatable bonds is 7. The number of allylic oxidation sites excluding steroid dienone is 3. The molecule has 284 valence electrons. The van der Waals surface area contributed by atoms with Crippen LogP contribution < -0.4 is 10.6 Å². The smallest absolute Gasteiger partial charge is 0.337 e. The predicted molar refractivity (Wildman–Crippen MR) is 211 cm³/mol. The molecule has 7 nitrogen and oxygen atoms in total. The molecule has 4 saturated carbocycles. The zero-order valence-corrected chi connectivity index (χ0v) is 32.9. The molecule has 0 saturated heterocycles. The number of aromatic carboxylic acids is 1. The van der Waals surface area contributed by atoms with Crippen LogP contribution >= 0.6 is 0 Å². The second-order valence-corrected chi connectivity index (χ2v) is 18.9. The van der Waals surface area contributed by atoms with Gasteiger partial charge >= 0.3 is 18.0 Å². The molecule has 53 heavy (non-hydrogen) atoms. The number of carboxylic acid groups (broad SMARTS) is 1. The molecule has 5 aliphatic carbocycles. The number of carboxylic acids is 1. The number of ether oxygens (including phenoxy) is 1. The number of methoxy groups -OCH3 is 1. The van der Waals surface area contributed by atoms with Crippen molar-refractivity contribution >= 4 is 29.2 Å².